The molecule has 1 aromatic carbocycles. The average molecular weight is 297 g/mol. The van der Waals surface area contributed by atoms with Gasteiger partial charge in [-0.05, 0) is 25.3 Å². The van der Waals surface area contributed by atoms with E-state index in [1.807, 2.05) is 6.07 Å². The Hall–Kier alpha value is -1.39. The predicted octanol–water partition coefficient (Wildman–Crippen LogP) is 3.17. The van der Waals surface area contributed by atoms with Crippen LogP contribution in [0.3, 0.4) is 0 Å². The first kappa shape index (κ1) is 15.0. The highest BCUT2D eigenvalue weighted by molar-refractivity contribution is 6.31. The summed E-state index contributed by atoms with van der Waals surface area (Å²) in [7, 11) is 0. The van der Waals surface area contributed by atoms with E-state index in [0.29, 0.717) is 23.4 Å². The number of hydrogen-bond acceptors (Lipinski definition) is 3. The molecule has 1 saturated carbocycles. The van der Waals surface area contributed by atoms with Crippen LogP contribution in [-0.4, -0.2) is 23.5 Å². The number of hydrogen-bond donors (Lipinski definition) is 1. The second-order valence-corrected chi connectivity index (χ2v) is 5.34. The van der Waals surface area contributed by atoms with Crippen molar-refractivity contribution < 1.29 is 19.4 Å². The molecule has 1 fully saturated rings. The molecule has 1 aliphatic rings. The lowest BCUT2D eigenvalue weighted by atomic mass is 9.78. The van der Waals surface area contributed by atoms with Crippen LogP contribution in [0.25, 0.3) is 0 Å². The molecule has 1 aliphatic carbocycles. The topological polar surface area (TPSA) is 63.6 Å². The Morgan fingerprint density at radius 2 is 2.10 bits per heavy atom. The van der Waals surface area contributed by atoms with Crippen molar-refractivity contribution in [3.63, 3.8) is 0 Å². The van der Waals surface area contributed by atoms with Crippen LogP contribution in [0.4, 0.5) is 0 Å². The molecule has 0 saturated heterocycles. The van der Waals surface area contributed by atoms with Crippen LogP contribution in [0, 0.1) is 0 Å². The zero-order valence-corrected chi connectivity index (χ0v) is 11.9. The third-order valence-corrected chi connectivity index (χ3v) is 3.94. The highest BCUT2D eigenvalue weighted by Crippen LogP contribution is 2.41. The molecule has 0 aromatic heterocycles. The van der Waals surface area contributed by atoms with Crippen LogP contribution < -0.4 is 0 Å². The number of carboxylic acid groups (broad SMARTS) is 1. The first-order valence-electron chi connectivity index (χ1n) is 6.70. The fourth-order valence-electron chi connectivity index (χ4n) is 2.62. The van der Waals surface area contributed by atoms with E-state index in [1.54, 1.807) is 18.2 Å². The van der Waals surface area contributed by atoms with Gasteiger partial charge in [0, 0.05) is 17.0 Å². The van der Waals surface area contributed by atoms with Gasteiger partial charge in [0.05, 0.1) is 13.0 Å². The molecule has 108 valence electrons. The Morgan fingerprint density at radius 1 is 1.35 bits per heavy atom. The van der Waals surface area contributed by atoms with E-state index in [0.717, 1.165) is 12.8 Å². The molecule has 1 N–H and O–H groups in total. The third kappa shape index (κ3) is 3.02. The highest BCUT2D eigenvalue weighted by Gasteiger charge is 2.43. The minimum Gasteiger partial charge on any atom is -0.481 e. The largest absolute Gasteiger partial charge is 0.481 e. The molecule has 2 rings (SSSR count). The number of ketones is 1. The number of carbonyl (C=O) groups excluding carboxylic acids is 1. The molecule has 1 aromatic rings. The van der Waals surface area contributed by atoms with E-state index in [9.17, 15) is 9.59 Å². The van der Waals surface area contributed by atoms with Gasteiger partial charge < -0.3 is 9.84 Å². The van der Waals surface area contributed by atoms with Crippen molar-refractivity contribution in [2.45, 2.75) is 37.7 Å². The van der Waals surface area contributed by atoms with E-state index >= 15 is 0 Å². The van der Waals surface area contributed by atoms with E-state index in [1.165, 1.54) is 0 Å². The molecule has 5 heteroatoms. The molecule has 0 spiro atoms. The van der Waals surface area contributed by atoms with Gasteiger partial charge in [0.25, 0.3) is 0 Å². The van der Waals surface area contributed by atoms with Crippen LogP contribution in [0.2, 0.25) is 5.02 Å². The van der Waals surface area contributed by atoms with Crippen molar-refractivity contribution in [2.75, 3.05) is 6.61 Å². The van der Waals surface area contributed by atoms with Crippen LogP contribution in [0.5, 0.6) is 0 Å². The summed E-state index contributed by atoms with van der Waals surface area (Å²) in [5.41, 5.74) is -0.428. The minimum absolute atomic E-state index is 0.00625. The second-order valence-electron chi connectivity index (χ2n) is 4.93. The predicted molar refractivity (Wildman–Crippen MR) is 74.8 cm³/mol. The van der Waals surface area contributed by atoms with Crippen molar-refractivity contribution in [3.05, 3.63) is 34.9 Å². The third-order valence-electron chi connectivity index (χ3n) is 3.61. The lowest BCUT2D eigenvalue weighted by Gasteiger charge is -2.36. The molecule has 1 unspecified atom stereocenters. The minimum atomic E-state index is -1.08. The maximum Gasteiger partial charge on any atom is 0.305 e. The first-order chi connectivity index (χ1) is 9.56. The summed E-state index contributed by atoms with van der Waals surface area (Å²) >= 11 is 6.21. The van der Waals surface area contributed by atoms with Gasteiger partial charge in [0.2, 0.25) is 0 Å². The fraction of sp³-hybridized carbons (Fsp3) is 0.467. The zero-order valence-electron chi connectivity index (χ0n) is 11.1. The molecular weight excluding hydrogens is 280 g/mol. The summed E-state index contributed by atoms with van der Waals surface area (Å²) in [6.45, 7) is 0.00625. The summed E-state index contributed by atoms with van der Waals surface area (Å²) in [4.78, 5) is 23.1. The highest BCUT2D eigenvalue weighted by atomic mass is 35.5. The van der Waals surface area contributed by atoms with Crippen molar-refractivity contribution in [2.24, 2.45) is 0 Å². The first-order valence-corrected chi connectivity index (χ1v) is 7.08. The van der Waals surface area contributed by atoms with E-state index in [4.69, 9.17) is 21.4 Å². The lowest BCUT2D eigenvalue weighted by molar-refractivity contribution is -0.155. The average Bonchev–Trinajstić information content (AvgIpc) is 2.41. The van der Waals surface area contributed by atoms with Gasteiger partial charge in [-0.1, -0.05) is 29.8 Å². The molecule has 4 nitrogen and oxygen atoms in total. The van der Waals surface area contributed by atoms with Gasteiger partial charge >= 0.3 is 5.97 Å². The fourth-order valence-corrected chi connectivity index (χ4v) is 2.91. The van der Waals surface area contributed by atoms with Crippen molar-refractivity contribution in [1.82, 2.24) is 0 Å². The summed E-state index contributed by atoms with van der Waals surface area (Å²) in [5, 5.41) is 9.21. The number of carboxylic acids is 1. The number of benzene rings is 1. The normalized spacial score (nSPS) is 22.8. The molecule has 0 bridgehead atoms. The van der Waals surface area contributed by atoms with E-state index in [2.05, 4.69) is 0 Å². The van der Waals surface area contributed by atoms with Gasteiger partial charge in [-0.2, -0.15) is 0 Å². The van der Waals surface area contributed by atoms with Crippen molar-refractivity contribution in [3.8, 4) is 0 Å². The van der Waals surface area contributed by atoms with E-state index in [-0.39, 0.29) is 18.8 Å². The van der Waals surface area contributed by atoms with Gasteiger partial charge in [-0.25, -0.2) is 0 Å². The van der Waals surface area contributed by atoms with Crippen LogP contribution in [0.1, 0.15) is 37.7 Å². The van der Waals surface area contributed by atoms with Crippen LogP contribution >= 0.6 is 11.6 Å². The number of Topliss-reactive ketones (excluding diaryl/α,β-unsaturated/α-hetero) is 1. The van der Waals surface area contributed by atoms with Gasteiger partial charge in [0.15, 0.2) is 11.4 Å². The van der Waals surface area contributed by atoms with E-state index < -0.39 is 11.6 Å². The molecule has 20 heavy (non-hydrogen) atoms. The number of aliphatic carboxylic acids is 1. The molecule has 0 radical (unpaired) electrons. The van der Waals surface area contributed by atoms with Gasteiger partial charge in [-0.3, -0.25) is 9.59 Å². The van der Waals surface area contributed by atoms with Crippen LogP contribution in [0.15, 0.2) is 24.3 Å². The Morgan fingerprint density at radius 3 is 2.75 bits per heavy atom. The van der Waals surface area contributed by atoms with Crippen LogP contribution in [-0.2, 0) is 19.9 Å². The summed E-state index contributed by atoms with van der Waals surface area (Å²) in [6, 6.07) is 7.11. The molecule has 1 atom stereocenters. The van der Waals surface area contributed by atoms with Crippen molar-refractivity contribution >= 4 is 23.4 Å². The Bertz CT molecular complexity index is 514. The number of carbonyl (C=O) groups is 2. The number of ether oxygens (including phenoxy) is 1. The molecule has 0 amide bonds. The lowest BCUT2D eigenvalue weighted by Crippen LogP contribution is -2.42. The summed E-state index contributed by atoms with van der Waals surface area (Å²) < 4.78 is 5.75. The zero-order chi connectivity index (χ0) is 14.6. The standard InChI is InChI=1S/C15H17ClO4/c16-12-6-2-1-5-11(12)15(20-10-8-14(18)19)9-4-3-7-13(15)17/h1-2,5-6H,3-4,7-10H2,(H,18,19). The molecule has 0 aliphatic heterocycles. The Balaban J connectivity index is 2.31. The number of halogens is 1. The Kier molecular flexibility index (Phi) is 4.78. The second kappa shape index (κ2) is 6.37. The summed E-state index contributed by atoms with van der Waals surface area (Å²) in [6.07, 6.45) is 2.57. The quantitative estimate of drug-likeness (QED) is 0.906. The maximum atomic E-state index is 12.4. The molecule has 0 heterocycles. The molecular formula is C15H17ClO4. The summed E-state index contributed by atoms with van der Waals surface area (Å²) in [5.74, 6) is -0.954. The van der Waals surface area contributed by atoms with Gasteiger partial charge in [-0.15, -0.1) is 0 Å². The number of rotatable bonds is 5. The maximum absolute atomic E-state index is 12.4. The Labute approximate surface area is 122 Å². The SMILES string of the molecule is O=C(O)CCOC1(c2ccccc2Cl)CCCCC1=O. The monoisotopic (exact) mass is 296 g/mol. The van der Waals surface area contributed by atoms with Crippen molar-refractivity contribution in [1.29, 1.82) is 0 Å². The van der Waals surface area contributed by atoms with Gasteiger partial charge in [0.1, 0.15) is 0 Å². The smallest absolute Gasteiger partial charge is 0.305 e.